The van der Waals surface area contributed by atoms with Gasteiger partial charge < -0.3 is 14.8 Å². The molecule has 2 amide bonds. The van der Waals surface area contributed by atoms with Gasteiger partial charge in [0, 0.05) is 53.9 Å². The van der Waals surface area contributed by atoms with Gasteiger partial charge in [-0.25, -0.2) is 9.18 Å². The SMILES string of the molecule is O=C(Nc1cccc(F)c1)N1CCc2c(c3ccccc3n2Cc2ccccc2)C1. The molecule has 0 unspecified atom stereocenters. The minimum Gasteiger partial charge on any atom is -0.340 e. The molecule has 0 atom stereocenters. The molecule has 0 saturated heterocycles. The van der Waals surface area contributed by atoms with Gasteiger partial charge in [-0.1, -0.05) is 54.6 Å². The predicted octanol–water partition coefficient (Wildman–Crippen LogP) is 5.42. The van der Waals surface area contributed by atoms with Crippen molar-refractivity contribution in [1.82, 2.24) is 9.47 Å². The third kappa shape index (κ3) is 3.43. The summed E-state index contributed by atoms with van der Waals surface area (Å²) in [6, 6.07) is 24.6. The van der Waals surface area contributed by atoms with Crippen LogP contribution in [-0.4, -0.2) is 22.0 Å². The number of hydrogen-bond acceptors (Lipinski definition) is 1. The standard InChI is InChI=1S/C25H22FN3O/c26-19-9-6-10-20(15-19)27-25(30)28-14-13-24-22(17-28)21-11-4-5-12-23(21)29(24)16-18-7-2-1-3-8-18/h1-12,15H,13-14,16-17H2,(H,27,30). The second-order valence-electron chi connectivity index (χ2n) is 7.63. The van der Waals surface area contributed by atoms with Crippen molar-refractivity contribution < 1.29 is 9.18 Å². The second kappa shape index (κ2) is 7.67. The molecule has 4 aromatic rings. The third-order valence-corrected chi connectivity index (χ3v) is 5.71. The Hall–Kier alpha value is -3.60. The van der Waals surface area contributed by atoms with Crippen molar-refractivity contribution in [2.45, 2.75) is 19.5 Å². The fourth-order valence-electron chi connectivity index (χ4n) is 4.29. The number of amides is 2. The largest absolute Gasteiger partial charge is 0.340 e. The Morgan fingerprint density at radius 3 is 2.60 bits per heavy atom. The van der Waals surface area contributed by atoms with E-state index in [2.05, 4.69) is 52.3 Å². The first-order chi connectivity index (χ1) is 14.7. The van der Waals surface area contributed by atoms with E-state index in [1.54, 1.807) is 17.0 Å². The highest BCUT2D eigenvalue weighted by molar-refractivity contribution is 5.91. The molecule has 1 aliphatic heterocycles. The number of nitrogens with one attached hydrogen (secondary N) is 1. The van der Waals surface area contributed by atoms with E-state index in [0.717, 1.165) is 13.0 Å². The number of para-hydroxylation sites is 1. The summed E-state index contributed by atoms with van der Waals surface area (Å²) < 4.78 is 15.8. The Morgan fingerprint density at radius 1 is 0.967 bits per heavy atom. The highest BCUT2D eigenvalue weighted by Gasteiger charge is 2.26. The lowest BCUT2D eigenvalue weighted by Gasteiger charge is -2.28. The van der Waals surface area contributed by atoms with E-state index in [0.29, 0.717) is 18.8 Å². The lowest BCUT2D eigenvalue weighted by atomic mass is 10.0. The maximum atomic E-state index is 13.4. The molecular weight excluding hydrogens is 377 g/mol. The topological polar surface area (TPSA) is 37.3 Å². The fourth-order valence-corrected chi connectivity index (χ4v) is 4.29. The number of fused-ring (bicyclic) bond motifs is 3. The number of rotatable bonds is 3. The number of nitrogens with zero attached hydrogens (tertiary/aromatic N) is 2. The lowest BCUT2D eigenvalue weighted by molar-refractivity contribution is 0.206. The van der Waals surface area contributed by atoms with Crippen LogP contribution < -0.4 is 5.32 Å². The average Bonchev–Trinajstić information content (AvgIpc) is 3.08. The maximum Gasteiger partial charge on any atom is 0.322 e. The maximum absolute atomic E-state index is 13.4. The minimum atomic E-state index is -0.363. The smallest absolute Gasteiger partial charge is 0.322 e. The summed E-state index contributed by atoms with van der Waals surface area (Å²) in [4.78, 5) is 14.6. The molecule has 150 valence electrons. The van der Waals surface area contributed by atoms with Crippen molar-refractivity contribution in [3.63, 3.8) is 0 Å². The average molecular weight is 399 g/mol. The molecule has 0 fully saturated rings. The molecule has 3 aromatic carbocycles. The number of urea groups is 1. The first-order valence-electron chi connectivity index (χ1n) is 10.1. The van der Waals surface area contributed by atoms with Crippen LogP contribution in [0.25, 0.3) is 10.9 Å². The van der Waals surface area contributed by atoms with E-state index < -0.39 is 0 Å². The Labute approximate surface area is 174 Å². The van der Waals surface area contributed by atoms with Gasteiger partial charge in [-0.3, -0.25) is 0 Å². The second-order valence-corrected chi connectivity index (χ2v) is 7.63. The van der Waals surface area contributed by atoms with Crippen LogP contribution in [0.3, 0.4) is 0 Å². The zero-order valence-corrected chi connectivity index (χ0v) is 16.5. The summed E-state index contributed by atoms with van der Waals surface area (Å²) in [5.41, 5.74) is 5.40. The number of carbonyl (C=O) groups excluding carboxylic acids is 1. The Balaban J connectivity index is 1.45. The number of anilines is 1. The predicted molar refractivity (Wildman–Crippen MR) is 117 cm³/mol. The van der Waals surface area contributed by atoms with E-state index in [1.165, 1.54) is 39.9 Å². The summed E-state index contributed by atoms with van der Waals surface area (Å²) in [6.07, 6.45) is 0.785. The number of halogens is 1. The van der Waals surface area contributed by atoms with Crippen molar-refractivity contribution in [3.05, 3.63) is 102 Å². The van der Waals surface area contributed by atoms with Gasteiger partial charge in [0.1, 0.15) is 5.82 Å². The number of aromatic nitrogens is 1. The van der Waals surface area contributed by atoms with Crippen LogP contribution >= 0.6 is 0 Å². The molecule has 0 saturated carbocycles. The van der Waals surface area contributed by atoms with Crippen molar-refractivity contribution in [1.29, 1.82) is 0 Å². The molecule has 30 heavy (non-hydrogen) atoms. The van der Waals surface area contributed by atoms with E-state index in [9.17, 15) is 9.18 Å². The molecule has 2 heterocycles. The van der Waals surface area contributed by atoms with Gasteiger partial charge in [0.15, 0.2) is 0 Å². The molecule has 1 N–H and O–H groups in total. The van der Waals surface area contributed by atoms with Crippen LogP contribution in [0.2, 0.25) is 0 Å². The quantitative estimate of drug-likeness (QED) is 0.491. The zero-order chi connectivity index (χ0) is 20.5. The Morgan fingerprint density at radius 2 is 1.77 bits per heavy atom. The summed E-state index contributed by atoms with van der Waals surface area (Å²) in [5.74, 6) is -0.363. The third-order valence-electron chi connectivity index (χ3n) is 5.71. The van der Waals surface area contributed by atoms with E-state index in [-0.39, 0.29) is 11.8 Å². The van der Waals surface area contributed by atoms with Gasteiger partial charge in [0.2, 0.25) is 0 Å². The van der Waals surface area contributed by atoms with Gasteiger partial charge in [0.05, 0.1) is 0 Å². The lowest BCUT2D eigenvalue weighted by Crippen LogP contribution is -2.39. The molecule has 0 spiro atoms. The zero-order valence-electron chi connectivity index (χ0n) is 16.5. The highest BCUT2D eigenvalue weighted by atomic mass is 19.1. The molecule has 0 radical (unpaired) electrons. The number of carbonyl (C=O) groups is 1. The van der Waals surface area contributed by atoms with E-state index in [4.69, 9.17) is 0 Å². The molecule has 4 nitrogen and oxygen atoms in total. The van der Waals surface area contributed by atoms with Gasteiger partial charge >= 0.3 is 6.03 Å². The fraction of sp³-hybridized carbons (Fsp3) is 0.160. The van der Waals surface area contributed by atoms with Crippen molar-refractivity contribution in [3.8, 4) is 0 Å². The van der Waals surface area contributed by atoms with Gasteiger partial charge in [-0.2, -0.15) is 0 Å². The summed E-state index contributed by atoms with van der Waals surface area (Å²) in [7, 11) is 0. The van der Waals surface area contributed by atoms with Crippen molar-refractivity contribution in [2.24, 2.45) is 0 Å². The van der Waals surface area contributed by atoms with Gasteiger partial charge in [0.25, 0.3) is 0 Å². The molecule has 5 rings (SSSR count). The Bertz CT molecular complexity index is 1220. The van der Waals surface area contributed by atoms with E-state index >= 15 is 0 Å². The van der Waals surface area contributed by atoms with Crippen LogP contribution in [0.5, 0.6) is 0 Å². The monoisotopic (exact) mass is 399 g/mol. The summed E-state index contributed by atoms with van der Waals surface area (Å²) >= 11 is 0. The van der Waals surface area contributed by atoms with E-state index in [1.807, 2.05) is 12.1 Å². The van der Waals surface area contributed by atoms with Crippen molar-refractivity contribution >= 4 is 22.6 Å². The van der Waals surface area contributed by atoms with Crippen molar-refractivity contribution in [2.75, 3.05) is 11.9 Å². The first kappa shape index (κ1) is 18.4. The van der Waals surface area contributed by atoms with Gasteiger partial charge in [-0.05, 0) is 29.8 Å². The van der Waals surface area contributed by atoms with Crippen LogP contribution in [0.1, 0.15) is 16.8 Å². The molecule has 0 bridgehead atoms. The number of hydrogen-bond donors (Lipinski definition) is 1. The van der Waals surface area contributed by atoms with Crippen LogP contribution in [0, 0.1) is 5.82 Å². The Kier molecular flexibility index (Phi) is 4.71. The normalized spacial score (nSPS) is 13.3. The minimum absolute atomic E-state index is 0.203. The van der Waals surface area contributed by atoms with Gasteiger partial charge in [-0.15, -0.1) is 0 Å². The first-order valence-corrected chi connectivity index (χ1v) is 10.1. The summed E-state index contributed by atoms with van der Waals surface area (Å²) in [5, 5.41) is 4.00. The van der Waals surface area contributed by atoms with Crippen LogP contribution in [-0.2, 0) is 19.5 Å². The summed E-state index contributed by atoms with van der Waals surface area (Å²) in [6.45, 7) is 1.98. The van der Waals surface area contributed by atoms with Crippen LogP contribution in [0.15, 0.2) is 78.9 Å². The molecule has 0 aliphatic carbocycles. The molecule has 1 aromatic heterocycles. The number of benzene rings is 3. The molecule has 5 heteroatoms. The molecule has 1 aliphatic rings. The molecular formula is C25H22FN3O. The van der Waals surface area contributed by atoms with Crippen LogP contribution in [0.4, 0.5) is 14.9 Å². The highest BCUT2D eigenvalue weighted by Crippen LogP contribution is 2.32.